The maximum atomic E-state index is 10.8. The molecule has 0 saturated heterocycles. The lowest BCUT2D eigenvalue weighted by molar-refractivity contribution is -0.385. The van der Waals surface area contributed by atoms with Gasteiger partial charge in [0.2, 0.25) is 0 Å². The maximum Gasteiger partial charge on any atom is 0.328 e. The van der Waals surface area contributed by atoms with Crippen LogP contribution in [-0.2, 0) is 4.79 Å². The Balaban J connectivity index is 3.43. The van der Waals surface area contributed by atoms with Crippen LogP contribution in [0.15, 0.2) is 18.2 Å². The Labute approximate surface area is 96.6 Å². The highest BCUT2D eigenvalue weighted by molar-refractivity contribution is 5.86. The van der Waals surface area contributed by atoms with Crippen LogP contribution in [0, 0.1) is 28.4 Å². The summed E-state index contributed by atoms with van der Waals surface area (Å²) in [6.45, 7) is 1.58. The predicted octanol–water partition coefficient (Wildman–Crippen LogP) is 1.87. The molecule has 0 aromatic heterocycles. The van der Waals surface area contributed by atoms with E-state index < -0.39 is 10.9 Å². The third-order valence-corrected chi connectivity index (χ3v) is 2.08. The van der Waals surface area contributed by atoms with Gasteiger partial charge in [0.15, 0.2) is 0 Å². The number of carboxylic acid groups (broad SMARTS) is 1. The van der Waals surface area contributed by atoms with Crippen LogP contribution in [0.25, 0.3) is 6.08 Å². The summed E-state index contributed by atoms with van der Waals surface area (Å²) >= 11 is 0. The Bertz CT molecular complexity index is 555. The standard InChI is InChI=1S/C11H8N2O4/c1-7-4-8(6-12)5-10(13(16)17)9(7)2-3-11(14)15/h2-5H,1H3,(H,14,15)/b3-2+. The molecule has 1 aromatic carbocycles. The van der Waals surface area contributed by atoms with Crippen LogP contribution in [0.1, 0.15) is 16.7 Å². The van der Waals surface area contributed by atoms with Crippen LogP contribution in [0.5, 0.6) is 0 Å². The highest BCUT2D eigenvalue weighted by Crippen LogP contribution is 2.25. The summed E-state index contributed by atoms with van der Waals surface area (Å²) in [5.41, 5.74) is 0.561. The third-order valence-electron chi connectivity index (χ3n) is 2.08. The lowest BCUT2D eigenvalue weighted by Crippen LogP contribution is -1.96. The molecule has 17 heavy (non-hydrogen) atoms. The first-order valence-corrected chi connectivity index (χ1v) is 4.56. The average molecular weight is 232 g/mol. The first-order valence-electron chi connectivity index (χ1n) is 4.56. The maximum absolute atomic E-state index is 10.8. The van der Waals surface area contributed by atoms with Crippen molar-refractivity contribution in [2.75, 3.05) is 0 Å². The van der Waals surface area contributed by atoms with Crippen molar-refractivity contribution >= 4 is 17.7 Å². The summed E-state index contributed by atoms with van der Waals surface area (Å²) < 4.78 is 0. The molecule has 0 amide bonds. The Morgan fingerprint density at radius 3 is 2.71 bits per heavy atom. The zero-order chi connectivity index (χ0) is 13.0. The number of hydrogen-bond donors (Lipinski definition) is 1. The fourth-order valence-corrected chi connectivity index (χ4v) is 1.37. The van der Waals surface area contributed by atoms with Crippen LogP contribution < -0.4 is 0 Å². The van der Waals surface area contributed by atoms with Crippen molar-refractivity contribution in [3.63, 3.8) is 0 Å². The molecule has 86 valence electrons. The number of benzene rings is 1. The van der Waals surface area contributed by atoms with Crippen molar-refractivity contribution in [1.82, 2.24) is 0 Å². The van der Waals surface area contributed by atoms with Crippen LogP contribution in [0.4, 0.5) is 5.69 Å². The number of carbonyl (C=O) groups is 1. The van der Waals surface area contributed by atoms with Gasteiger partial charge in [0.05, 0.1) is 22.1 Å². The number of carboxylic acids is 1. The molecule has 0 heterocycles. The van der Waals surface area contributed by atoms with E-state index >= 15 is 0 Å². The van der Waals surface area contributed by atoms with Gasteiger partial charge in [-0.2, -0.15) is 5.26 Å². The fourth-order valence-electron chi connectivity index (χ4n) is 1.37. The van der Waals surface area contributed by atoms with Crippen LogP contribution in [-0.4, -0.2) is 16.0 Å². The van der Waals surface area contributed by atoms with Crippen molar-refractivity contribution in [3.8, 4) is 6.07 Å². The molecule has 0 aliphatic carbocycles. The second kappa shape index (κ2) is 4.90. The molecule has 0 bridgehead atoms. The monoisotopic (exact) mass is 232 g/mol. The van der Waals surface area contributed by atoms with Gasteiger partial charge in [0, 0.05) is 12.1 Å². The van der Waals surface area contributed by atoms with E-state index in [0.717, 1.165) is 18.2 Å². The number of aryl methyl sites for hydroxylation is 1. The van der Waals surface area contributed by atoms with Gasteiger partial charge in [0.25, 0.3) is 5.69 Å². The molecule has 0 radical (unpaired) electrons. The van der Waals surface area contributed by atoms with Crippen molar-refractivity contribution < 1.29 is 14.8 Å². The predicted molar refractivity (Wildman–Crippen MR) is 59.2 cm³/mol. The average Bonchev–Trinajstić information content (AvgIpc) is 2.25. The molecule has 0 aliphatic rings. The Hall–Kier alpha value is -2.68. The second-order valence-electron chi connectivity index (χ2n) is 3.27. The molecule has 6 nitrogen and oxygen atoms in total. The van der Waals surface area contributed by atoms with Gasteiger partial charge < -0.3 is 5.11 Å². The number of nitro groups is 1. The van der Waals surface area contributed by atoms with E-state index in [1.807, 2.05) is 6.07 Å². The largest absolute Gasteiger partial charge is 0.478 e. The summed E-state index contributed by atoms with van der Waals surface area (Å²) in [6, 6.07) is 4.40. The lowest BCUT2D eigenvalue weighted by atomic mass is 10.0. The molecule has 0 atom stereocenters. The lowest BCUT2D eigenvalue weighted by Gasteiger charge is -2.02. The quantitative estimate of drug-likeness (QED) is 0.486. The van der Waals surface area contributed by atoms with Crippen molar-refractivity contribution in [1.29, 1.82) is 5.26 Å². The molecular formula is C11H8N2O4. The summed E-state index contributed by atoms with van der Waals surface area (Å²) in [4.78, 5) is 20.5. The summed E-state index contributed by atoms with van der Waals surface area (Å²) in [6.07, 6.45) is 1.97. The van der Waals surface area contributed by atoms with Gasteiger partial charge in [-0.25, -0.2) is 4.79 Å². The Morgan fingerprint density at radius 2 is 2.24 bits per heavy atom. The number of nitrogens with zero attached hydrogens (tertiary/aromatic N) is 2. The number of rotatable bonds is 3. The van der Waals surface area contributed by atoms with Crippen LogP contribution in [0.2, 0.25) is 0 Å². The van der Waals surface area contributed by atoms with E-state index in [4.69, 9.17) is 10.4 Å². The van der Waals surface area contributed by atoms with Crippen LogP contribution >= 0.6 is 0 Å². The van der Waals surface area contributed by atoms with E-state index in [9.17, 15) is 14.9 Å². The van der Waals surface area contributed by atoms with Gasteiger partial charge in [-0.1, -0.05) is 0 Å². The topological polar surface area (TPSA) is 104 Å². The molecule has 6 heteroatoms. The smallest absolute Gasteiger partial charge is 0.328 e. The van der Waals surface area contributed by atoms with E-state index in [-0.39, 0.29) is 16.8 Å². The van der Waals surface area contributed by atoms with Gasteiger partial charge in [-0.3, -0.25) is 10.1 Å². The Kier molecular flexibility index (Phi) is 3.57. The number of aliphatic carboxylic acids is 1. The first kappa shape index (κ1) is 12.4. The van der Waals surface area contributed by atoms with Crippen molar-refractivity contribution in [3.05, 3.63) is 45.0 Å². The van der Waals surface area contributed by atoms with E-state index in [2.05, 4.69) is 0 Å². The summed E-state index contributed by atoms with van der Waals surface area (Å²) in [5.74, 6) is -1.19. The van der Waals surface area contributed by atoms with E-state index in [1.165, 1.54) is 6.07 Å². The third kappa shape index (κ3) is 2.89. The molecule has 0 spiro atoms. The second-order valence-corrected chi connectivity index (χ2v) is 3.27. The molecule has 0 unspecified atom stereocenters. The van der Waals surface area contributed by atoms with E-state index in [1.54, 1.807) is 6.92 Å². The fraction of sp³-hybridized carbons (Fsp3) is 0.0909. The van der Waals surface area contributed by atoms with Gasteiger partial charge in [-0.05, 0) is 24.6 Å². The minimum Gasteiger partial charge on any atom is -0.478 e. The number of hydrogen-bond acceptors (Lipinski definition) is 4. The zero-order valence-electron chi connectivity index (χ0n) is 8.88. The molecule has 1 aromatic rings. The highest BCUT2D eigenvalue weighted by Gasteiger charge is 2.15. The number of nitro benzene ring substituents is 1. The summed E-state index contributed by atoms with van der Waals surface area (Å²) in [5, 5.41) is 28.0. The van der Waals surface area contributed by atoms with E-state index in [0.29, 0.717) is 5.56 Å². The van der Waals surface area contributed by atoms with Gasteiger partial charge >= 0.3 is 5.97 Å². The molecule has 0 fully saturated rings. The SMILES string of the molecule is Cc1cc(C#N)cc([N+](=O)[O-])c1/C=C/C(=O)O. The zero-order valence-corrected chi connectivity index (χ0v) is 8.88. The normalized spacial score (nSPS) is 10.1. The van der Waals surface area contributed by atoms with Crippen molar-refractivity contribution in [2.45, 2.75) is 6.92 Å². The molecule has 0 saturated carbocycles. The van der Waals surface area contributed by atoms with Crippen molar-refractivity contribution in [2.24, 2.45) is 0 Å². The van der Waals surface area contributed by atoms with Crippen LogP contribution in [0.3, 0.4) is 0 Å². The summed E-state index contributed by atoms with van der Waals surface area (Å²) in [7, 11) is 0. The highest BCUT2D eigenvalue weighted by atomic mass is 16.6. The van der Waals surface area contributed by atoms with Gasteiger partial charge in [0.1, 0.15) is 0 Å². The molecule has 1 N–H and O–H groups in total. The minimum atomic E-state index is -1.19. The molecule has 1 rings (SSSR count). The minimum absolute atomic E-state index is 0.168. The molecular weight excluding hydrogens is 224 g/mol. The van der Waals surface area contributed by atoms with Gasteiger partial charge in [-0.15, -0.1) is 0 Å². The first-order chi connectivity index (χ1) is 7.95. The molecule has 0 aliphatic heterocycles. The Morgan fingerprint density at radius 1 is 1.59 bits per heavy atom. The number of nitriles is 1.